The number of fused-ring (bicyclic) bond motifs is 5. The second-order valence-corrected chi connectivity index (χ2v) is 11.2. The van der Waals surface area contributed by atoms with Crippen LogP contribution in [0.4, 0.5) is 0 Å². The summed E-state index contributed by atoms with van der Waals surface area (Å²) in [5.74, 6) is 1.30. The lowest BCUT2D eigenvalue weighted by atomic mass is 9.89. The highest BCUT2D eigenvalue weighted by atomic mass is 32.1. The highest BCUT2D eigenvalue weighted by Crippen LogP contribution is 2.61. The first-order valence-corrected chi connectivity index (χ1v) is 12.6. The van der Waals surface area contributed by atoms with Crippen molar-refractivity contribution >= 4 is 27.2 Å². The molecule has 5 nitrogen and oxygen atoms in total. The molecule has 0 bridgehead atoms. The van der Waals surface area contributed by atoms with Crippen molar-refractivity contribution in [3.8, 4) is 11.3 Å². The van der Waals surface area contributed by atoms with Crippen LogP contribution in [0.15, 0.2) is 12.5 Å². The molecule has 3 aliphatic rings. The Morgan fingerprint density at radius 3 is 2.97 bits per heavy atom. The summed E-state index contributed by atoms with van der Waals surface area (Å²) in [4.78, 5) is 11.5. The lowest BCUT2D eigenvalue weighted by Gasteiger charge is -2.23. The van der Waals surface area contributed by atoms with Crippen molar-refractivity contribution in [3.63, 3.8) is 0 Å². The zero-order valence-corrected chi connectivity index (χ0v) is 19.3. The Balaban J connectivity index is 1.46. The highest BCUT2D eigenvalue weighted by Gasteiger charge is 2.57. The molecule has 2 N–H and O–H groups in total. The number of aromatic nitrogens is 4. The lowest BCUT2D eigenvalue weighted by Crippen LogP contribution is -2.31. The smallest absolute Gasteiger partial charge is 0.158 e. The molecular weight excluding hydrogens is 402 g/mol. The Bertz CT molecular complexity index is 1360. The van der Waals surface area contributed by atoms with Crippen LogP contribution in [0.2, 0.25) is 0 Å². The first-order valence-electron chi connectivity index (χ1n) is 11.8. The van der Waals surface area contributed by atoms with Gasteiger partial charge in [0.25, 0.3) is 0 Å². The van der Waals surface area contributed by atoms with Crippen molar-refractivity contribution in [2.75, 3.05) is 13.1 Å². The molecule has 7 rings (SSSR count). The number of rotatable bonds is 3. The predicted molar refractivity (Wildman–Crippen MR) is 126 cm³/mol. The number of hydrogen-bond acceptors (Lipinski definition) is 4. The van der Waals surface area contributed by atoms with Crippen LogP contribution in [0.25, 0.3) is 27.1 Å². The van der Waals surface area contributed by atoms with Gasteiger partial charge in [-0.3, -0.25) is 0 Å². The number of hydrogen-bond donors (Lipinski definition) is 2. The number of aromatic amines is 1. The number of piperidine rings is 1. The number of nitrogens with one attached hydrogen (secondary N) is 2. The van der Waals surface area contributed by atoms with Gasteiger partial charge in [-0.1, -0.05) is 13.8 Å². The normalized spacial score (nSPS) is 25.0. The van der Waals surface area contributed by atoms with Gasteiger partial charge in [0.05, 0.1) is 5.69 Å². The largest absolute Gasteiger partial charge is 0.346 e. The van der Waals surface area contributed by atoms with Gasteiger partial charge in [0, 0.05) is 33.0 Å². The van der Waals surface area contributed by atoms with Crippen LogP contribution in [0.5, 0.6) is 0 Å². The summed E-state index contributed by atoms with van der Waals surface area (Å²) >= 11 is 2.04. The molecule has 0 aromatic carbocycles. The number of aryl methyl sites for hydroxylation is 2. The Labute approximate surface area is 186 Å². The molecule has 0 spiro atoms. The molecule has 2 atom stereocenters. The zero-order chi connectivity index (χ0) is 20.9. The van der Waals surface area contributed by atoms with E-state index in [2.05, 4.69) is 47.4 Å². The number of pyridine rings is 1. The molecule has 2 aliphatic carbocycles. The van der Waals surface area contributed by atoms with E-state index in [1.165, 1.54) is 69.5 Å². The second kappa shape index (κ2) is 6.20. The Morgan fingerprint density at radius 1 is 1.26 bits per heavy atom. The maximum atomic E-state index is 4.54. The third kappa shape index (κ3) is 2.35. The fourth-order valence-electron chi connectivity index (χ4n) is 6.69. The standard InChI is InChI=1S/C25H29N5S/c1-13(2)19-20-14(3)22(25-7-8-26-10-15(25)9-25)31-24(20)29-21(19)18-11-30-23(27-12-28-30)17-6-4-5-16(17)18/h11-13,15,26,29H,4-10H2,1-3H3. The van der Waals surface area contributed by atoms with Crippen LogP contribution in [0, 0.1) is 12.8 Å². The van der Waals surface area contributed by atoms with Crippen molar-refractivity contribution in [2.24, 2.45) is 5.92 Å². The third-order valence-electron chi connectivity index (χ3n) is 8.23. The molecule has 6 heteroatoms. The van der Waals surface area contributed by atoms with Crippen LogP contribution in [-0.2, 0) is 18.3 Å². The predicted octanol–water partition coefficient (Wildman–Crippen LogP) is 5.11. The van der Waals surface area contributed by atoms with Crippen molar-refractivity contribution < 1.29 is 0 Å². The van der Waals surface area contributed by atoms with Gasteiger partial charge < -0.3 is 10.3 Å². The molecule has 0 radical (unpaired) electrons. The van der Waals surface area contributed by atoms with E-state index in [0.29, 0.717) is 11.3 Å². The van der Waals surface area contributed by atoms with E-state index >= 15 is 0 Å². The van der Waals surface area contributed by atoms with Gasteiger partial charge in [0.15, 0.2) is 5.65 Å². The maximum Gasteiger partial charge on any atom is 0.158 e. The molecule has 1 saturated heterocycles. The Kier molecular flexibility index (Phi) is 3.68. The number of H-pyrrole nitrogens is 1. The van der Waals surface area contributed by atoms with E-state index in [1.807, 2.05) is 15.9 Å². The van der Waals surface area contributed by atoms with E-state index in [0.717, 1.165) is 31.0 Å². The number of thiophene rings is 1. The first kappa shape index (κ1) is 18.4. The zero-order valence-electron chi connectivity index (χ0n) is 18.5. The van der Waals surface area contributed by atoms with E-state index in [4.69, 9.17) is 0 Å². The maximum absolute atomic E-state index is 4.54. The summed E-state index contributed by atoms with van der Waals surface area (Å²) in [7, 11) is 0. The first-order chi connectivity index (χ1) is 15.1. The minimum absolute atomic E-state index is 0.454. The van der Waals surface area contributed by atoms with Gasteiger partial charge in [-0.25, -0.2) is 9.50 Å². The van der Waals surface area contributed by atoms with E-state index in [-0.39, 0.29) is 0 Å². The molecule has 160 valence electrons. The van der Waals surface area contributed by atoms with Crippen LogP contribution >= 0.6 is 11.3 Å². The average molecular weight is 432 g/mol. The molecule has 1 saturated carbocycles. The van der Waals surface area contributed by atoms with Crippen molar-refractivity contribution in [2.45, 2.75) is 64.2 Å². The van der Waals surface area contributed by atoms with E-state index < -0.39 is 0 Å². The molecule has 5 heterocycles. The third-order valence-corrected chi connectivity index (χ3v) is 9.66. The van der Waals surface area contributed by atoms with Crippen LogP contribution in [0.1, 0.15) is 66.2 Å². The minimum Gasteiger partial charge on any atom is -0.346 e. The summed E-state index contributed by atoms with van der Waals surface area (Å²) in [6.45, 7) is 9.43. The van der Waals surface area contributed by atoms with Gasteiger partial charge in [-0.2, -0.15) is 5.10 Å². The summed E-state index contributed by atoms with van der Waals surface area (Å²) in [6.07, 6.45) is 10.0. The van der Waals surface area contributed by atoms with Gasteiger partial charge >= 0.3 is 0 Å². The highest BCUT2D eigenvalue weighted by molar-refractivity contribution is 7.19. The van der Waals surface area contributed by atoms with Crippen molar-refractivity contribution in [1.82, 2.24) is 24.9 Å². The van der Waals surface area contributed by atoms with Crippen LogP contribution < -0.4 is 5.32 Å². The molecule has 4 aromatic rings. The van der Waals surface area contributed by atoms with Crippen LogP contribution in [-0.4, -0.2) is 32.7 Å². The van der Waals surface area contributed by atoms with Crippen molar-refractivity contribution in [1.29, 1.82) is 0 Å². The van der Waals surface area contributed by atoms with E-state index in [1.54, 1.807) is 11.2 Å². The lowest BCUT2D eigenvalue weighted by molar-refractivity contribution is 0.449. The molecular formula is C25H29N5S. The summed E-state index contributed by atoms with van der Waals surface area (Å²) in [6, 6.07) is 0. The average Bonchev–Trinajstić information content (AvgIpc) is 3.21. The van der Waals surface area contributed by atoms with Gasteiger partial charge in [-0.05, 0) is 80.6 Å². The van der Waals surface area contributed by atoms with Gasteiger partial charge in [0.1, 0.15) is 11.2 Å². The SMILES string of the molecule is Cc1c(C23CCNCC2C3)sc2[nH]c(-c3cn4ncnc4c4c3CCC4)c(C(C)C)c12. The van der Waals surface area contributed by atoms with E-state index in [9.17, 15) is 0 Å². The van der Waals surface area contributed by atoms with Crippen molar-refractivity contribution in [3.05, 3.63) is 39.7 Å². The molecule has 2 fully saturated rings. The Hall–Kier alpha value is -2.18. The summed E-state index contributed by atoms with van der Waals surface area (Å²) in [5, 5.41) is 9.59. The quantitative estimate of drug-likeness (QED) is 0.474. The fourth-order valence-corrected chi connectivity index (χ4v) is 8.23. The van der Waals surface area contributed by atoms with Crippen LogP contribution in [0.3, 0.4) is 0 Å². The fraction of sp³-hybridized carbons (Fsp3) is 0.520. The molecule has 2 unspecified atom stereocenters. The molecule has 0 amide bonds. The minimum atomic E-state index is 0.454. The molecule has 31 heavy (non-hydrogen) atoms. The summed E-state index contributed by atoms with van der Waals surface area (Å²) in [5.41, 5.74) is 10.1. The Morgan fingerprint density at radius 2 is 2.13 bits per heavy atom. The molecule has 1 aliphatic heterocycles. The second-order valence-electron chi connectivity index (χ2n) is 10.2. The van der Waals surface area contributed by atoms with Gasteiger partial charge in [0.2, 0.25) is 0 Å². The molecule has 4 aromatic heterocycles. The monoisotopic (exact) mass is 431 g/mol. The van der Waals surface area contributed by atoms with Gasteiger partial charge in [-0.15, -0.1) is 11.3 Å². The summed E-state index contributed by atoms with van der Waals surface area (Å²) < 4.78 is 1.99. The topological polar surface area (TPSA) is 58.0 Å². The number of nitrogens with zero attached hydrogens (tertiary/aromatic N) is 3.